The molecule has 1 atom stereocenters. The van der Waals surface area contributed by atoms with Gasteiger partial charge in [-0.2, -0.15) is 0 Å². The molecule has 2 aliphatic heterocycles. The van der Waals surface area contributed by atoms with Crippen LogP contribution >= 0.6 is 0 Å². The Balaban J connectivity index is 1.58. The van der Waals surface area contributed by atoms with Crippen LogP contribution in [0.25, 0.3) is 11.1 Å². The number of allylic oxidation sites excluding steroid dienone is 2. The summed E-state index contributed by atoms with van der Waals surface area (Å²) in [6.07, 6.45) is 5.73. The SMILES string of the molecule is C=CCc1cc(-c2ccc(OC3COC3)c(CC=C)c2)ccc1OCC1CO1. The number of hydrogen-bond donors (Lipinski definition) is 0. The maximum Gasteiger partial charge on any atom is 0.145 e. The van der Waals surface area contributed by atoms with Gasteiger partial charge in [0.15, 0.2) is 0 Å². The van der Waals surface area contributed by atoms with E-state index in [1.165, 1.54) is 0 Å². The minimum atomic E-state index is 0.153. The van der Waals surface area contributed by atoms with Crippen LogP contribution in [0.5, 0.6) is 11.5 Å². The third kappa shape index (κ3) is 4.46. The van der Waals surface area contributed by atoms with Gasteiger partial charge >= 0.3 is 0 Å². The molecule has 0 saturated carbocycles. The highest BCUT2D eigenvalue weighted by molar-refractivity contribution is 5.68. The summed E-state index contributed by atoms with van der Waals surface area (Å²) < 4.78 is 22.4. The fraction of sp³-hybridized carbons (Fsp3) is 0.333. The van der Waals surface area contributed by atoms with Gasteiger partial charge in [0.2, 0.25) is 0 Å². The monoisotopic (exact) mass is 378 g/mol. The van der Waals surface area contributed by atoms with Crippen molar-refractivity contribution in [2.45, 2.75) is 25.0 Å². The Morgan fingerprint density at radius 1 is 0.893 bits per heavy atom. The van der Waals surface area contributed by atoms with E-state index in [0.29, 0.717) is 19.8 Å². The topological polar surface area (TPSA) is 40.2 Å². The van der Waals surface area contributed by atoms with Crippen molar-refractivity contribution in [1.82, 2.24) is 0 Å². The summed E-state index contributed by atoms with van der Waals surface area (Å²) in [6.45, 7) is 10.5. The Kier molecular flexibility index (Phi) is 5.79. The molecule has 2 saturated heterocycles. The van der Waals surface area contributed by atoms with Crippen molar-refractivity contribution in [2.75, 3.05) is 26.4 Å². The number of rotatable bonds is 10. The molecule has 4 nitrogen and oxygen atoms in total. The lowest BCUT2D eigenvalue weighted by Crippen LogP contribution is -2.38. The van der Waals surface area contributed by atoms with Crippen LogP contribution in [0.15, 0.2) is 61.7 Å². The number of hydrogen-bond acceptors (Lipinski definition) is 4. The van der Waals surface area contributed by atoms with E-state index >= 15 is 0 Å². The lowest BCUT2D eigenvalue weighted by molar-refractivity contribution is -0.0799. The second-order valence-corrected chi connectivity index (χ2v) is 7.17. The highest BCUT2D eigenvalue weighted by Crippen LogP contribution is 2.32. The number of ether oxygens (including phenoxy) is 4. The van der Waals surface area contributed by atoms with Crippen molar-refractivity contribution in [3.8, 4) is 22.6 Å². The van der Waals surface area contributed by atoms with E-state index in [0.717, 1.165) is 53.2 Å². The molecule has 1 unspecified atom stereocenters. The van der Waals surface area contributed by atoms with E-state index in [1.54, 1.807) is 0 Å². The molecule has 0 amide bonds. The van der Waals surface area contributed by atoms with Gasteiger partial charge in [0, 0.05) is 0 Å². The summed E-state index contributed by atoms with van der Waals surface area (Å²) in [6, 6.07) is 12.7. The van der Waals surface area contributed by atoms with Crippen molar-refractivity contribution >= 4 is 0 Å². The Hall–Kier alpha value is -2.56. The third-order valence-corrected chi connectivity index (χ3v) is 4.91. The Morgan fingerprint density at radius 3 is 2.04 bits per heavy atom. The zero-order valence-electron chi connectivity index (χ0n) is 16.1. The van der Waals surface area contributed by atoms with Gasteiger partial charge in [-0.3, -0.25) is 0 Å². The van der Waals surface area contributed by atoms with E-state index in [4.69, 9.17) is 18.9 Å². The second kappa shape index (κ2) is 8.63. The van der Waals surface area contributed by atoms with Crippen molar-refractivity contribution in [2.24, 2.45) is 0 Å². The van der Waals surface area contributed by atoms with Crippen LogP contribution in [0, 0.1) is 0 Å². The predicted octanol–water partition coefficient (Wildman–Crippen LogP) is 4.37. The zero-order chi connectivity index (χ0) is 19.3. The molecule has 28 heavy (non-hydrogen) atoms. The smallest absolute Gasteiger partial charge is 0.145 e. The van der Waals surface area contributed by atoms with Gasteiger partial charge in [-0.25, -0.2) is 0 Å². The average Bonchev–Trinajstić information content (AvgIpc) is 3.49. The first-order valence-corrected chi connectivity index (χ1v) is 9.73. The number of epoxide rings is 1. The van der Waals surface area contributed by atoms with Crippen molar-refractivity contribution in [3.05, 3.63) is 72.8 Å². The standard InChI is InChI=1S/C24H26O4/c1-3-5-19-11-17(7-9-23(19)27-16-21-15-26-21)18-8-10-24(20(12-18)6-4-2)28-22-13-25-14-22/h3-4,7-12,21-22H,1-2,5-6,13-16H2. The first kappa shape index (κ1) is 18.8. The maximum atomic E-state index is 6.05. The van der Waals surface area contributed by atoms with Crippen molar-refractivity contribution < 1.29 is 18.9 Å². The minimum Gasteiger partial charge on any atom is -0.490 e. The van der Waals surface area contributed by atoms with E-state index in [-0.39, 0.29) is 12.2 Å². The van der Waals surface area contributed by atoms with Gasteiger partial charge in [-0.05, 0) is 59.4 Å². The van der Waals surface area contributed by atoms with Crippen LogP contribution in [0.1, 0.15) is 11.1 Å². The molecular formula is C24H26O4. The van der Waals surface area contributed by atoms with Crippen LogP contribution < -0.4 is 9.47 Å². The lowest BCUT2D eigenvalue weighted by Gasteiger charge is -2.28. The van der Waals surface area contributed by atoms with E-state index < -0.39 is 0 Å². The summed E-state index contributed by atoms with van der Waals surface area (Å²) in [4.78, 5) is 0. The van der Waals surface area contributed by atoms with Crippen molar-refractivity contribution in [3.63, 3.8) is 0 Å². The normalized spacial score (nSPS) is 18.2. The molecule has 0 bridgehead atoms. The fourth-order valence-electron chi connectivity index (χ4n) is 3.21. The van der Waals surface area contributed by atoms with Crippen LogP contribution in [0.3, 0.4) is 0 Å². The molecule has 0 aliphatic carbocycles. The molecule has 0 aromatic heterocycles. The van der Waals surface area contributed by atoms with E-state index in [2.05, 4.69) is 43.5 Å². The minimum absolute atomic E-state index is 0.153. The molecule has 2 aliphatic rings. The van der Waals surface area contributed by atoms with Crippen molar-refractivity contribution in [1.29, 1.82) is 0 Å². The Morgan fingerprint density at radius 2 is 1.50 bits per heavy atom. The van der Waals surface area contributed by atoms with E-state index in [9.17, 15) is 0 Å². The van der Waals surface area contributed by atoms with Crippen LogP contribution in [0.4, 0.5) is 0 Å². The molecule has 146 valence electrons. The summed E-state index contributed by atoms with van der Waals surface area (Å²) in [5.74, 6) is 1.81. The van der Waals surface area contributed by atoms with E-state index in [1.807, 2.05) is 18.2 Å². The summed E-state index contributed by atoms with van der Waals surface area (Å²) in [5, 5.41) is 0. The quantitative estimate of drug-likeness (QED) is 0.455. The summed E-state index contributed by atoms with van der Waals surface area (Å²) in [5.41, 5.74) is 4.56. The average molecular weight is 378 g/mol. The summed E-state index contributed by atoms with van der Waals surface area (Å²) >= 11 is 0. The fourth-order valence-corrected chi connectivity index (χ4v) is 3.21. The Labute approximate surface area is 166 Å². The molecule has 4 rings (SSSR count). The molecule has 4 heteroatoms. The van der Waals surface area contributed by atoms with Gasteiger partial charge in [-0.1, -0.05) is 24.3 Å². The van der Waals surface area contributed by atoms with Gasteiger partial charge in [0.25, 0.3) is 0 Å². The maximum absolute atomic E-state index is 6.05. The first-order chi connectivity index (χ1) is 13.8. The van der Waals surface area contributed by atoms with Crippen LogP contribution in [0.2, 0.25) is 0 Å². The summed E-state index contributed by atoms with van der Waals surface area (Å²) in [7, 11) is 0. The molecule has 2 aromatic rings. The molecular weight excluding hydrogens is 352 g/mol. The number of benzene rings is 2. The molecule has 2 aromatic carbocycles. The van der Waals surface area contributed by atoms with Gasteiger partial charge < -0.3 is 18.9 Å². The van der Waals surface area contributed by atoms with Crippen LogP contribution in [-0.4, -0.2) is 38.6 Å². The zero-order valence-corrected chi connectivity index (χ0v) is 16.1. The molecule has 2 fully saturated rings. The molecule has 0 N–H and O–H groups in total. The molecule has 0 spiro atoms. The van der Waals surface area contributed by atoms with Crippen LogP contribution in [-0.2, 0) is 22.3 Å². The third-order valence-electron chi connectivity index (χ3n) is 4.91. The second-order valence-electron chi connectivity index (χ2n) is 7.17. The van der Waals surface area contributed by atoms with Gasteiger partial charge in [-0.15, -0.1) is 13.2 Å². The predicted molar refractivity (Wildman–Crippen MR) is 110 cm³/mol. The highest BCUT2D eigenvalue weighted by Gasteiger charge is 2.24. The first-order valence-electron chi connectivity index (χ1n) is 9.73. The largest absolute Gasteiger partial charge is 0.490 e. The molecule has 0 radical (unpaired) electrons. The Bertz CT molecular complexity index is 850. The lowest BCUT2D eigenvalue weighted by atomic mass is 9.98. The highest BCUT2D eigenvalue weighted by atomic mass is 16.6. The molecule has 2 heterocycles. The van der Waals surface area contributed by atoms with Gasteiger partial charge in [0.1, 0.15) is 30.3 Å². The van der Waals surface area contributed by atoms with Gasteiger partial charge in [0.05, 0.1) is 19.8 Å².